The standard InChI is InChI=1S/C11H7BrN2O3/c12-7-3-1-2-6(4-7)10-13-5-8(14-10)9(15)11(16)17/h1-5H,(H,13,14)(H,16,17). The number of carboxylic acids is 1. The Morgan fingerprint density at radius 1 is 1.35 bits per heavy atom. The lowest BCUT2D eigenvalue weighted by atomic mass is 10.2. The summed E-state index contributed by atoms with van der Waals surface area (Å²) >= 11 is 3.32. The van der Waals surface area contributed by atoms with E-state index in [1.165, 1.54) is 6.20 Å². The van der Waals surface area contributed by atoms with Crippen LogP contribution in [0.1, 0.15) is 10.5 Å². The van der Waals surface area contributed by atoms with Crippen molar-refractivity contribution >= 4 is 27.7 Å². The molecule has 0 saturated heterocycles. The Bertz CT molecular complexity index is 592. The smallest absolute Gasteiger partial charge is 0.378 e. The van der Waals surface area contributed by atoms with E-state index in [1.807, 2.05) is 18.2 Å². The highest BCUT2D eigenvalue weighted by Gasteiger charge is 2.17. The largest absolute Gasteiger partial charge is 0.475 e. The maximum Gasteiger partial charge on any atom is 0.378 e. The highest BCUT2D eigenvalue weighted by atomic mass is 79.9. The van der Waals surface area contributed by atoms with Gasteiger partial charge in [-0.05, 0) is 12.1 Å². The molecule has 2 rings (SSSR count). The van der Waals surface area contributed by atoms with Crippen LogP contribution in [0.2, 0.25) is 0 Å². The predicted molar refractivity (Wildman–Crippen MR) is 63.7 cm³/mol. The Kier molecular flexibility index (Phi) is 3.06. The molecule has 0 radical (unpaired) electrons. The summed E-state index contributed by atoms with van der Waals surface area (Å²) < 4.78 is 0.873. The molecular formula is C11H7BrN2O3. The molecule has 0 bridgehead atoms. The van der Waals surface area contributed by atoms with Crippen LogP contribution in [0.5, 0.6) is 0 Å². The lowest BCUT2D eigenvalue weighted by molar-refractivity contribution is -0.131. The Labute approximate surface area is 105 Å². The Morgan fingerprint density at radius 2 is 2.12 bits per heavy atom. The third-order valence-electron chi connectivity index (χ3n) is 2.11. The molecule has 2 N–H and O–H groups in total. The van der Waals surface area contributed by atoms with Crippen LogP contribution in [-0.2, 0) is 4.79 Å². The molecule has 1 heterocycles. The van der Waals surface area contributed by atoms with Gasteiger partial charge in [0.25, 0.3) is 5.78 Å². The molecule has 1 aromatic carbocycles. The summed E-state index contributed by atoms with van der Waals surface area (Å²) in [7, 11) is 0. The first-order valence-electron chi connectivity index (χ1n) is 4.66. The molecule has 0 aliphatic carbocycles. The van der Waals surface area contributed by atoms with E-state index in [9.17, 15) is 9.59 Å². The molecule has 5 nitrogen and oxygen atoms in total. The molecule has 2 aromatic rings. The van der Waals surface area contributed by atoms with Crippen LogP contribution in [0.25, 0.3) is 11.4 Å². The number of carboxylic acid groups (broad SMARTS) is 1. The van der Waals surface area contributed by atoms with Crippen molar-refractivity contribution in [3.63, 3.8) is 0 Å². The molecule has 0 saturated carbocycles. The molecule has 0 fully saturated rings. The number of imidazole rings is 1. The van der Waals surface area contributed by atoms with Crippen LogP contribution >= 0.6 is 15.9 Å². The quantitative estimate of drug-likeness (QED) is 0.671. The van der Waals surface area contributed by atoms with Gasteiger partial charge < -0.3 is 10.1 Å². The third-order valence-corrected chi connectivity index (χ3v) is 2.61. The topological polar surface area (TPSA) is 83.0 Å². The number of aromatic amines is 1. The molecule has 0 spiro atoms. The number of hydrogen-bond donors (Lipinski definition) is 2. The maximum atomic E-state index is 11.2. The van der Waals surface area contributed by atoms with Crippen molar-refractivity contribution in [3.05, 3.63) is 40.6 Å². The number of carbonyl (C=O) groups excluding carboxylic acids is 1. The van der Waals surface area contributed by atoms with Gasteiger partial charge in [-0.1, -0.05) is 28.1 Å². The van der Waals surface area contributed by atoms with Crippen LogP contribution < -0.4 is 0 Å². The number of aromatic nitrogens is 2. The van der Waals surface area contributed by atoms with Crippen molar-refractivity contribution in [1.29, 1.82) is 0 Å². The monoisotopic (exact) mass is 294 g/mol. The summed E-state index contributed by atoms with van der Waals surface area (Å²) in [4.78, 5) is 28.3. The molecule has 0 atom stereocenters. The number of halogens is 1. The average Bonchev–Trinajstić information content (AvgIpc) is 2.77. The number of hydrogen-bond acceptors (Lipinski definition) is 3. The fraction of sp³-hybridized carbons (Fsp3) is 0. The van der Waals surface area contributed by atoms with E-state index in [0.29, 0.717) is 5.82 Å². The minimum absolute atomic E-state index is 0.0347. The number of Topliss-reactive ketones (excluding diaryl/α,β-unsaturated/α-hetero) is 1. The number of carbonyl (C=O) groups is 2. The summed E-state index contributed by atoms with van der Waals surface area (Å²) in [6.45, 7) is 0. The van der Waals surface area contributed by atoms with E-state index in [1.54, 1.807) is 6.07 Å². The number of ketones is 1. The first kappa shape index (κ1) is 11.5. The second-order valence-electron chi connectivity index (χ2n) is 3.29. The summed E-state index contributed by atoms with van der Waals surface area (Å²) in [6.07, 6.45) is 1.21. The van der Waals surface area contributed by atoms with Gasteiger partial charge in [0.15, 0.2) is 0 Å². The highest BCUT2D eigenvalue weighted by molar-refractivity contribution is 9.10. The molecule has 0 aliphatic rings. The van der Waals surface area contributed by atoms with Gasteiger partial charge in [-0.2, -0.15) is 0 Å². The summed E-state index contributed by atoms with van der Waals surface area (Å²) in [6, 6.07) is 7.29. The molecule has 86 valence electrons. The molecular weight excluding hydrogens is 288 g/mol. The van der Waals surface area contributed by atoms with Crippen LogP contribution in [0.4, 0.5) is 0 Å². The average molecular weight is 295 g/mol. The predicted octanol–water partition coefficient (Wildman–Crippen LogP) is 2.11. The normalized spacial score (nSPS) is 10.2. The minimum atomic E-state index is -1.51. The molecule has 1 aromatic heterocycles. The molecule has 17 heavy (non-hydrogen) atoms. The first-order chi connectivity index (χ1) is 8.08. The van der Waals surface area contributed by atoms with Gasteiger partial charge in [0, 0.05) is 10.0 Å². The van der Waals surface area contributed by atoms with E-state index in [-0.39, 0.29) is 5.69 Å². The van der Waals surface area contributed by atoms with Crippen LogP contribution in [0.15, 0.2) is 34.9 Å². The van der Waals surface area contributed by atoms with E-state index >= 15 is 0 Å². The van der Waals surface area contributed by atoms with E-state index < -0.39 is 11.8 Å². The minimum Gasteiger partial charge on any atom is -0.475 e. The van der Waals surface area contributed by atoms with Gasteiger partial charge in [-0.3, -0.25) is 4.79 Å². The van der Waals surface area contributed by atoms with Crippen molar-refractivity contribution in [2.45, 2.75) is 0 Å². The van der Waals surface area contributed by atoms with Crippen LogP contribution in [0, 0.1) is 0 Å². The fourth-order valence-electron chi connectivity index (χ4n) is 1.33. The van der Waals surface area contributed by atoms with Gasteiger partial charge in [0.05, 0.1) is 6.20 Å². The van der Waals surface area contributed by atoms with Crippen LogP contribution in [-0.4, -0.2) is 26.8 Å². The molecule has 0 amide bonds. The number of aliphatic carboxylic acids is 1. The van der Waals surface area contributed by atoms with Crippen molar-refractivity contribution in [2.75, 3.05) is 0 Å². The Balaban J connectivity index is 2.36. The summed E-state index contributed by atoms with van der Waals surface area (Å²) in [5.74, 6) is -2.05. The number of rotatable bonds is 3. The SMILES string of the molecule is O=C(O)C(=O)c1cnc(-c2cccc(Br)c2)[nH]1. The van der Waals surface area contributed by atoms with Gasteiger partial charge in [-0.15, -0.1) is 0 Å². The second-order valence-corrected chi connectivity index (χ2v) is 4.21. The van der Waals surface area contributed by atoms with E-state index in [2.05, 4.69) is 25.9 Å². The zero-order chi connectivity index (χ0) is 12.4. The van der Waals surface area contributed by atoms with E-state index in [0.717, 1.165) is 10.0 Å². The number of nitrogens with one attached hydrogen (secondary N) is 1. The molecule has 0 aliphatic heterocycles. The van der Waals surface area contributed by atoms with Crippen molar-refractivity contribution in [2.24, 2.45) is 0 Å². The Morgan fingerprint density at radius 3 is 2.76 bits per heavy atom. The van der Waals surface area contributed by atoms with Gasteiger partial charge in [0.2, 0.25) is 0 Å². The van der Waals surface area contributed by atoms with Crippen molar-refractivity contribution in [3.8, 4) is 11.4 Å². The maximum absolute atomic E-state index is 11.2. The molecule has 0 unspecified atom stereocenters. The van der Waals surface area contributed by atoms with Gasteiger partial charge >= 0.3 is 5.97 Å². The van der Waals surface area contributed by atoms with Gasteiger partial charge in [-0.25, -0.2) is 9.78 Å². The third kappa shape index (κ3) is 2.42. The molecule has 6 heteroatoms. The number of nitrogens with zero attached hydrogens (tertiary/aromatic N) is 1. The second kappa shape index (κ2) is 4.50. The number of benzene rings is 1. The zero-order valence-corrected chi connectivity index (χ0v) is 10.1. The van der Waals surface area contributed by atoms with Crippen molar-refractivity contribution < 1.29 is 14.7 Å². The highest BCUT2D eigenvalue weighted by Crippen LogP contribution is 2.20. The fourth-order valence-corrected chi connectivity index (χ4v) is 1.73. The Hall–Kier alpha value is -1.95. The first-order valence-corrected chi connectivity index (χ1v) is 5.46. The van der Waals surface area contributed by atoms with Gasteiger partial charge in [0.1, 0.15) is 11.5 Å². The summed E-state index contributed by atoms with van der Waals surface area (Å²) in [5.41, 5.74) is 0.733. The lowest BCUT2D eigenvalue weighted by Gasteiger charge is -1.97. The van der Waals surface area contributed by atoms with Crippen LogP contribution in [0.3, 0.4) is 0 Å². The summed E-state index contributed by atoms with van der Waals surface area (Å²) in [5, 5.41) is 8.55. The number of H-pyrrole nitrogens is 1. The van der Waals surface area contributed by atoms with E-state index in [4.69, 9.17) is 5.11 Å². The zero-order valence-electron chi connectivity index (χ0n) is 8.48. The lowest BCUT2D eigenvalue weighted by Crippen LogP contribution is -2.12. The van der Waals surface area contributed by atoms with Crippen molar-refractivity contribution in [1.82, 2.24) is 9.97 Å².